The molecule has 4 rings (SSSR count). The molecule has 0 aromatic carbocycles. The van der Waals surface area contributed by atoms with E-state index in [0.29, 0.717) is 12.8 Å². The topological polar surface area (TPSA) is 124 Å². The van der Waals surface area contributed by atoms with Gasteiger partial charge in [-0.25, -0.2) is 8.42 Å². The first-order valence-corrected chi connectivity index (χ1v) is 17.1. The number of imide groups is 1. The molecule has 9 unspecified atom stereocenters. The predicted octanol–water partition coefficient (Wildman–Crippen LogP) is 4.58. The molecule has 2 aliphatic carbocycles. The summed E-state index contributed by atoms with van der Waals surface area (Å²) in [7, 11) is -2.41. The minimum absolute atomic E-state index is 0.298. The van der Waals surface area contributed by atoms with Crippen molar-refractivity contribution in [1.29, 1.82) is 0 Å². The number of halogens is 6. The molecule has 4 fully saturated rings. The maximum absolute atomic E-state index is 13.3. The summed E-state index contributed by atoms with van der Waals surface area (Å²) in [6.07, 6.45) is -15.8. The van der Waals surface area contributed by atoms with Gasteiger partial charge in [0.05, 0.1) is 28.8 Å². The van der Waals surface area contributed by atoms with E-state index in [4.69, 9.17) is 4.74 Å². The van der Waals surface area contributed by atoms with Crippen molar-refractivity contribution in [3.05, 3.63) is 0 Å². The molecule has 2 bridgehead atoms. The average molecular weight is 690 g/mol. The van der Waals surface area contributed by atoms with Crippen LogP contribution in [0.3, 0.4) is 0 Å². The molecule has 2 amide bonds. The van der Waals surface area contributed by atoms with Crippen molar-refractivity contribution in [1.82, 2.24) is 4.90 Å². The Balaban J connectivity index is 1.71. The van der Waals surface area contributed by atoms with E-state index < -0.39 is 110 Å². The number of rotatable bonds is 7. The summed E-state index contributed by atoms with van der Waals surface area (Å²) >= 11 is 0. The maximum Gasteiger partial charge on any atom is 0.434 e. The first kappa shape index (κ1) is 36.4. The third-order valence-corrected chi connectivity index (χ3v) is 12.1. The molecule has 2 heterocycles. The summed E-state index contributed by atoms with van der Waals surface area (Å²) in [5.41, 5.74) is -2.77. The average Bonchev–Trinajstić information content (AvgIpc) is 3.57. The van der Waals surface area contributed by atoms with Gasteiger partial charge in [-0.15, -0.1) is 0 Å². The Hall–Kier alpha value is -2.39. The van der Waals surface area contributed by atoms with Crippen LogP contribution in [0.25, 0.3) is 0 Å². The second kappa shape index (κ2) is 11.6. The number of esters is 2. The lowest BCUT2D eigenvalue weighted by atomic mass is 9.61. The van der Waals surface area contributed by atoms with Gasteiger partial charge in [0, 0.05) is 13.0 Å². The highest BCUT2D eigenvalue weighted by Gasteiger charge is 2.64. The van der Waals surface area contributed by atoms with E-state index in [0.717, 1.165) is 18.7 Å². The monoisotopic (exact) mass is 689 g/mol. The molecule has 46 heavy (non-hydrogen) atoms. The van der Waals surface area contributed by atoms with Crippen molar-refractivity contribution in [2.24, 2.45) is 58.7 Å². The smallest absolute Gasteiger partial charge is 0.434 e. The fourth-order valence-corrected chi connectivity index (χ4v) is 10.9. The zero-order chi connectivity index (χ0) is 35.1. The number of sulfone groups is 1. The molecule has 2 saturated heterocycles. The lowest BCUT2D eigenvalue weighted by Gasteiger charge is -2.43. The Morgan fingerprint density at radius 2 is 1.43 bits per heavy atom. The van der Waals surface area contributed by atoms with E-state index >= 15 is 0 Å². The highest BCUT2D eigenvalue weighted by molar-refractivity contribution is 7.91. The van der Waals surface area contributed by atoms with E-state index in [1.54, 1.807) is 27.7 Å². The fourth-order valence-electron chi connectivity index (χ4n) is 8.62. The zero-order valence-electron chi connectivity index (χ0n) is 26.7. The standard InChI is InChI=1S/C30H41F6NO8S/c1-13-20(23(39)37(7)22(13)38)18-11-46(42,43)12-19(18)21-14-8-15(16(9-14)24(40)45-27(2,3)4)17(21)10-28(5,6)26(41)44-25(29(31,32)33)30(34,35)36/h13-21,25H,8-12H2,1-7H3. The summed E-state index contributed by atoms with van der Waals surface area (Å²) in [6.45, 7) is 8.86. The molecule has 2 saturated carbocycles. The van der Waals surface area contributed by atoms with Crippen molar-refractivity contribution in [3.63, 3.8) is 0 Å². The van der Waals surface area contributed by atoms with Crippen LogP contribution in [0.4, 0.5) is 26.3 Å². The number of hydrogen-bond acceptors (Lipinski definition) is 8. The van der Waals surface area contributed by atoms with Gasteiger partial charge < -0.3 is 9.47 Å². The number of nitrogens with zero attached hydrogens (tertiary/aromatic N) is 1. The van der Waals surface area contributed by atoms with E-state index in [9.17, 15) is 53.9 Å². The predicted molar refractivity (Wildman–Crippen MR) is 149 cm³/mol. The first-order chi connectivity index (χ1) is 20.7. The van der Waals surface area contributed by atoms with Crippen molar-refractivity contribution in [2.75, 3.05) is 18.6 Å². The molecule has 0 spiro atoms. The van der Waals surface area contributed by atoms with Crippen molar-refractivity contribution >= 4 is 33.6 Å². The number of amides is 2. The van der Waals surface area contributed by atoms with E-state index in [-0.39, 0.29) is 23.8 Å². The van der Waals surface area contributed by atoms with Crippen LogP contribution in [0.5, 0.6) is 0 Å². The molecule has 262 valence electrons. The zero-order valence-corrected chi connectivity index (χ0v) is 27.5. The summed E-state index contributed by atoms with van der Waals surface area (Å²) in [6, 6.07) is 0. The van der Waals surface area contributed by atoms with E-state index in [1.807, 2.05) is 0 Å². The normalized spacial score (nSPS) is 34.9. The molecule has 0 aromatic rings. The largest absolute Gasteiger partial charge is 0.460 e. The molecule has 9 nitrogen and oxygen atoms in total. The summed E-state index contributed by atoms with van der Waals surface area (Å²) in [4.78, 5) is 53.1. The fraction of sp³-hybridized carbons (Fsp3) is 0.867. The lowest BCUT2D eigenvalue weighted by molar-refractivity contribution is -0.315. The molecular weight excluding hydrogens is 648 g/mol. The van der Waals surface area contributed by atoms with Gasteiger partial charge in [-0.1, -0.05) is 6.92 Å². The molecule has 0 radical (unpaired) electrons. The first-order valence-electron chi connectivity index (χ1n) is 15.3. The van der Waals surface area contributed by atoms with Crippen molar-refractivity contribution in [2.45, 2.75) is 84.9 Å². The number of ether oxygens (including phenoxy) is 2. The highest BCUT2D eigenvalue weighted by Crippen LogP contribution is 2.63. The molecule has 2 aliphatic heterocycles. The van der Waals surface area contributed by atoms with Crippen LogP contribution >= 0.6 is 0 Å². The Morgan fingerprint density at radius 1 is 0.891 bits per heavy atom. The summed E-state index contributed by atoms with van der Waals surface area (Å²) < 4.78 is 115. The molecule has 16 heteroatoms. The van der Waals surface area contributed by atoms with Gasteiger partial charge in [0.1, 0.15) is 5.60 Å². The van der Waals surface area contributed by atoms with Crippen LogP contribution in [0.1, 0.15) is 60.8 Å². The van der Waals surface area contributed by atoms with Gasteiger partial charge >= 0.3 is 24.3 Å². The van der Waals surface area contributed by atoms with Crippen LogP contribution < -0.4 is 0 Å². The lowest BCUT2D eigenvalue weighted by Crippen LogP contribution is -2.48. The molecule has 0 aromatic heterocycles. The summed E-state index contributed by atoms with van der Waals surface area (Å²) in [5, 5.41) is 0. The Kier molecular flexibility index (Phi) is 9.22. The second-order valence-corrected chi connectivity index (χ2v) is 17.3. The van der Waals surface area contributed by atoms with Gasteiger partial charge in [-0.05, 0) is 89.4 Å². The number of carbonyl (C=O) groups excluding carboxylic acids is 4. The number of hydrogen-bond donors (Lipinski definition) is 0. The highest BCUT2D eigenvalue weighted by atomic mass is 32.2. The van der Waals surface area contributed by atoms with Gasteiger partial charge in [0.2, 0.25) is 11.8 Å². The Bertz CT molecular complexity index is 1360. The van der Waals surface area contributed by atoms with Crippen molar-refractivity contribution in [3.8, 4) is 0 Å². The Morgan fingerprint density at radius 3 is 1.91 bits per heavy atom. The van der Waals surface area contributed by atoms with Gasteiger partial charge in [-0.2, -0.15) is 26.3 Å². The molecular formula is C30H41F6NO8S. The third-order valence-electron chi connectivity index (χ3n) is 10.3. The van der Waals surface area contributed by atoms with E-state index in [1.165, 1.54) is 7.05 Å². The van der Waals surface area contributed by atoms with Gasteiger partial charge in [-0.3, -0.25) is 24.1 Å². The third kappa shape index (κ3) is 6.92. The number of carbonyl (C=O) groups is 4. The van der Waals surface area contributed by atoms with Crippen molar-refractivity contribution < 1.29 is 63.4 Å². The molecule has 0 N–H and O–H groups in total. The summed E-state index contributed by atoms with van der Waals surface area (Å²) in [5.74, 6) is -10.0. The number of fused-ring (bicyclic) bond motifs is 2. The van der Waals surface area contributed by atoms with Crippen LogP contribution in [-0.2, 0) is 38.5 Å². The maximum atomic E-state index is 13.3. The number of likely N-dealkylation sites (tertiary alicyclic amines) is 1. The molecule has 9 atom stereocenters. The number of alkyl halides is 6. The van der Waals surface area contributed by atoms with Crippen LogP contribution in [0, 0.1) is 58.7 Å². The Labute approximate surface area is 264 Å². The van der Waals surface area contributed by atoms with E-state index in [2.05, 4.69) is 4.74 Å². The van der Waals surface area contributed by atoms with Crippen LogP contribution in [0.2, 0.25) is 0 Å². The minimum Gasteiger partial charge on any atom is -0.460 e. The van der Waals surface area contributed by atoms with Crippen LogP contribution in [0.15, 0.2) is 0 Å². The quantitative estimate of drug-likeness (QED) is 0.216. The van der Waals surface area contributed by atoms with Gasteiger partial charge in [0.15, 0.2) is 9.84 Å². The minimum atomic E-state index is -5.92. The molecule has 4 aliphatic rings. The second-order valence-electron chi connectivity index (χ2n) is 15.2. The van der Waals surface area contributed by atoms with Crippen LogP contribution in [-0.4, -0.2) is 79.7 Å². The SMILES string of the molecule is CC1C(=O)N(C)C(=O)C1C1CS(=O)(=O)CC1C1C2CC(C(=O)OC(C)(C)C)C(C2)C1CC(C)(C)C(=O)OC(C(F)(F)F)C(F)(F)F. The van der Waals surface area contributed by atoms with Gasteiger partial charge in [0.25, 0.3) is 6.10 Å².